The summed E-state index contributed by atoms with van der Waals surface area (Å²) in [5, 5.41) is 20.2. The van der Waals surface area contributed by atoms with E-state index in [2.05, 4.69) is 35.8 Å². The molecule has 8 rings (SSSR count). The number of likely N-dealkylation sites (tertiary alicyclic amines) is 1. The number of aliphatic hydroxyl groups is 1. The predicted octanol–water partition coefficient (Wildman–Crippen LogP) is 5.29. The van der Waals surface area contributed by atoms with Gasteiger partial charge in [-0.1, -0.05) is 57.9 Å². The van der Waals surface area contributed by atoms with Crippen molar-refractivity contribution < 1.29 is 48.0 Å². The molecule has 81 heavy (non-hydrogen) atoms. The van der Waals surface area contributed by atoms with E-state index in [1.807, 2.05) is 74.5 Å². The van der Waals surface area contributed by atoms with Gasteiger partial charge in [0.25, 0.3) is 5.56 Å². The van der Waals surface area contributed by atoms with E-state index in [9.17, 15) is 33.9 Å². The van der Waals surface area contributed by atoms with Crippen LogP contribution in [0.15, 0.2) is 59.1 Å². The summed E-state index contributed by atoms with van der Waals surface area (Å²) in [6.07, 6.45) is 6.70. The molecule has 3 aliphatic rings. The molecule has 22 nitrogen and oxygen atoms in total. The number of aliphatic hydroxyl groups excluding tert-OH is 1. The second-order valence-corrected chi connectivity index (χ2v) is 22.7. The lowest BCUT2D eigenvalue weighted by Gasteiger charge is -2.36. The van der Waals surface area contributed by atoms with Crippen molar-refractivity contribution in [1.29, 1.82) is 0 Å². The highest BCUT2D eigenvalue weighted by molar-refractivity contribution is 7.13. The summed E-state index contributed by atoms with van der Waals surface area (Å²) in [7, 11) is 0. The maximum absolute atomic E-state index is 14.0. The van der Waals surface area contributed by atoms with Gasteiger partial charge in [-0.3, -0.25) is 33.3 Å². The zero-order chi connectivity index (χ0) is 57.6. The molecule has 5 aromatic rings. The number of nitrogens with one attached hydrogen (secondary N) is 3. The maximum atomic E-state index is 14.0. The first kappa shape index (κ1) is 60.3. The van der Waals surface area contributed by atoms with Crippen molar-refractivity contribution in [2.45, 2.75) is 117 Å². The van der Waals surface area contributed by atoms with Crippen LogP contribution >= 0.6 is 11.3 Å². The average molecular weight is 1140 g/mol. The number of ether oxygens (including phenoxy) is 4. The summed E-state index contributed by atoms with van der Waals surface area (Å²) < 4.78 is 24.2. The van der Waals surface area contributed by atoms with Crippen molar-refractivity contribution in [3.8, 4) is 10.4 Å². The highest BCUT2D eigenvalue weighted by Gasteiger charge is 2.44. The summed E-state index contributed by atoms with van der Waals surface area (Å²) in [5.41, 5.74) is 5.94. The molecule has 4 amide bonds. The number of hydrogen-bond acceptors (Lipinski definition) is 18. The van der Waals surface area contributed by atoms with Crippen LogP contribution in [0.3, 0.4) is 0 Å². The van der Waals surface area contributed by atoms with Gasteiger partial charge in [-0.15, -0.1) is 11.3 Å². The summed E-state index contributed by atoms with van der Waals surface area (Å²) in [5.74, 6) is -0.564. The summed E-state index contributed by atoms with van der Waals surface area (Å²) in [6, 6.07) is 9.83. The number of amides is 4. The van der Waals surface area contributed by atoms with Crippen molar-refractivity contribution >= 4 is 69.2 Å². The van der Waals surface area contributed by atoms with E-state index < -0.39 is 29.5 Å². The van der Waals surface area contributed by atoms with Gasteiger partial charge in [-0.2, -0.15) is 4.98 Å². The molecule has 0 radical (unpaired) electrons. The molecule has 2 aliphatic heterocycles. The molecule has 436 valence electrons. The van der Waals surface area contributed by atoms with Crippen molar-refractivity contribution in [3.63, 3.8) is 0 Å². The van der Waals surface area contributed by atoms with Crippen LogP contribution in [0, 0.1) is 19.3 Å². The summed E-state index contributed by atoms with van der Waals surface area (Å²) >= 11 is 1.57. The van der Waals surface area contributed by atoms with E-state index in [0.717, 1.165) is 53.1 Å². The van der Waals surface area contributed by atoms with Crippen LogP contribution < -0.4 is 26.4 Å². The third kappa shape index (κ3) is 15.8. The number of β-amino-alcohol motifs (C(OH)–C–C–N with tert-alkyl or cyclic N) is 1. The van der Waals surface area contributed by atoms with E-state index in [-0.39, 0.29) is 92.8 Å². The molecule has 3 atom stereocenters. The van der Waals surface area contributed by atoms with Gasteiger partial charge in [-0.25, -0.2) is 15.0 Å². The first-order chi connectivity index (χ1) is 39.0. The number of fused-ring (bicyclic) bond motifs is 1. The Bertz CT molecular complexity index is 3020. The average Bonchev–Trinajstić information content (AvgIpc) is 4.33. The third-order valence-electron chi connectivity index (χ3n) is 15.0. The first-order valence-corrected chi connectivity index (χ1v) is 28.9. The van der Waals surface area contributed by atoms with Gasteiger partial charge >= 0.3 is 0 Å². The quantitative estimate of drug-likeness (QED) is 0.0405. The molecule has 2 saturated heterocycles. The Morgan fingerprint density at radius 2 is 1.47 bits per heavy atom. The number of hydrogen-bond donors (Lipinski definition) is 4. The highest BCUT2D eigenvalue weighted by Crippen LogP contribution is 2.33. The van der Waals surface area contributed by atoms with E-state index in [1.54, 1.807) is 35.2 Å². The number of nitrogens with zero attached hydrogens (tertiary/aromatic N) is 8. The molecular weight excluding hydrogens is 1060 g/mol. The molecule has 4 N–H and O–H groups in total. The van der Waals surface area contributed by atoms with Gasteiger partial charge in [-0.05, 0) is 67.9 Å². The smallest absolute Gasteiger partial charge is 0.263 e. The summed E-state index contributed by atoms with van der Waals surface area (Å²) in [6.45, 7) is 15.7. The van der Waals surface area contributed by atoms with Gasteiger partial charge in [0.05, 0.1) is 98.9 Å². The van der Waals surface area contributed by atoms with Gasteiger partial charge in [0.2, 0.25) is 29.6 Å². The molecule has 1 unspecified atom stereocenters. The molecular formula is C58H77N11O11S. The van der Waals surface area contributed by atoms with Crippen molar-refractivity contribution in [3.05, 3.63) is 87.0 Å². The lowest BCUT2D eigenvalue weighted by atomic mass is 9.85. The second kappa shape index (κ2) is 28.3. The van der Waals surface area contributed by atoms with Crippen molar-refractivity contribution in [1.82, 2.24) is 44.9 Å². The van der Waals surface area contributed by atoms with E-state index >= 15 is 0 Å². The minimum absolute atomic E-state index is 0.0124. The van der Waals surface area contributed by atoms with Crippen LogP contribution in [0.4, 0.5) is 17.5 Å². The first-order valence-electron chi connectivity index (χ1n) is 28.0. The second-order valence-electron chi connectivity index (χ2n) is 21.9. The maximum Gasteiger partial charge on any atom is 0.263 e. The minimum Gasteiger partial charge on any atom is -0.391 e. The Morgan fingerprint density at radius 3 is 2.07 bits per heavy atom. The van der Waals surface area contributed by atoms with Crippen molar-refractivity contribution in [2.24, 2.45) is 5.41 Å². The standard InChI is InChI=1S/C58H77N11O11S/c1-37-45-34-61-57(65-53(45)69(42-9-7-8-10-42)55(75)50(37)39(3)70)63-47-16-15-43(33-59-47)66-19-21-67(22-20-66)49(73)18-24-78-26-28-80-30-29-79-27-25-77-23-17-48(72)64-52(58(4,5)6)56(76)68-35-44(71)31-46(68)54(74)60-32-40-11-13-41(14-12-40)51-38(2)62-36-81-51/h11-16,33-34,36,42,44,46,52,71H,7-10,17-32,35H2,1-6H3,(H,60,74)(H,64,72)(H,59,61,63,65)/t44-,46+,52?/m1/s1. The van der Waals surface area contributed by atoms with Crippen LogP contribution in [-0.4, -0.2) is 173 Å². The Labute approximate surface area is 476 Å². The number of benzene rings is 1. The van der Waals surface area contributed by atoms with Gasteiger partial charge < -0.3 is 54.7 Å². The fourth-order valence-electron chi connectivity index (χ4n) is 10.5. The summed E-state index contributed by atoms with van der Waals surface area (Å²) in [4.78, 5) is 104. The number of carbonyl (C=O) groups is 5. The van der Waals surface area contributed by atoms with Gasteiger partial charge in [0.1, 0.15) is 23.5 Å². The number of aromatic nitrogens is 5. The van der Waals surface area contributed by atoms with E-state index in [4.69, 9.17) is 23.9 Å². The number of anilines is 3. The number of rotatable bonds is 26. The molecule has 1 aliphatic carbocycles. The zero-order valence-electron chi connectivity index (χ0n) is 47.4. The monoisotopic (exact) mass is 1140 g/mol. The molecule has 0 spiro atoms. The minimum atomic E-state index is -0.942. The Hall–Kier alpha value is -6.76. The number of Topliss-reactive ketones (excluding diaryl/α,β-unsaturated/α-hetero) is 1. The van der Waals surface area contributed by atoms with Crippen LogP contribution in [0.25, 0.3) is 21.5 Å². The van der Waals surface area contributed by atoms with Gasteiger partial charge in [0, 0.05) is 69.7 Å². The SMILES string of the molecule is CC(=O)c1c(C)c2cnc(Nc3ccc(N4CCN(C(=O)CCOCCOCCOCCOCCC(=O)NC(C(=O)N5C[C@H](O)C[C@H]5C(=O)NCc5ccc(-c6scnc6C)cc5)C(C)(C)C)CC4)cn3)nc2n(C2CCCC2)c1=O. The van der Waals surface area contributed by atoms with Crippen LogP contribution in [-0.2, 0) is 44.7 Å². The number of carbonyl (C=O) groups excluding carboxylic acids is 5. The molecule has 1 aromatic carbocycles. The van der Waals surface area contributed by atoms with E-state index in [1.165, 1.54) is 11.8 Å². The lowest BCUT2D eigenvalue weighted by Crippen LogP contribution is -2.57. The van der Waals surface area contributed by atoms with Crippen LogP contribution in [0.5, 0.6) is 0 Å². The Balaban J connectivity index is 0.648. The molecule has 4 aromatic heterocycles. The number of pyridine rings is 2. The molecule has 23 heteroatoms. The van der Waals surface area contributed by atoms with Crippen molar-refractivity contribution in [2.75, 3.05) is 95.8 Å². The molecule has 0 bridgehead atoms. The predicted molar refractivity (Wildman–Crippen MR) is 307 cm³/mol. The van der Waals surface area contributed by atoms with E-state index in [0.29, 0.717) is 87.6 Å². The third-order valence-corrected chi connectivity index (χ3v) is 16.0. The molecule has 1 saturated carbocycles. The van der Waals surface area contributed by atoms with Crippen LogP contribution in [0.1, 0.15) is 106 Å². The lowest BCUT2D eigenvalue weighted by molar-refractivity contribution is -0.144. The molecule has 6 heterocycles. The van der Waals surface area contributed by atoms with Gasteiger partial charge in [0.15, 0.2) is 5.78 Å². The number of piperazine rings is 1. The Kier molecular flexibility index (Phi) is 21.1. The number of ketones is 1. The highest BCUT2D eigenvalue weighted by atomic mass is 32.1. The zero-order valence-corrected chi connectivity index (χ0v) is 48.2. The topological polar surface area (TPSA) is 262 Å². The van der Waals surface area contributed by atoms with Crippen LogP contribution in [0.2, 0.25) is 0 Å². The molecule has 3 fully saturated rings. The number of thiazole rings is 1. The number of aryl methyl sites for hydroxylation is 2. The largest absolute Gasteiger partial charge is 0.391 e. The fraction of sp³-hybridized carbons (Fsp3) is 0.552. The fourth-order valence-corrected chi connectivity index (χ4v) is 11.4. The Morgan fingerprint density at radius 1 is 0.815 bits per heavy atom. The normalized spacial score (nSPS) is 17.2.